The minimum atomic E-state index is -3.92. The van der Waals surface area contributed by atoms with E-state index in [0.717, 1.165) is 36.8 Å². The van der Waals surface area contributed by atoms with E-state index in [1.54, 1.807) is 12.1 Å². The van der Waals surface area contributed by atoms with Crippen LogP contribution in [-0.2, 0) is 20.0 Å². The van der Waals surface area contributed by atoms with Crippen molar-refractivity contribution in [3.8, 4) is 5.75 Å². The maximum absolute atomic E-state index is 13.1. The molecule has 0 spiro atoms. The van der Waals surface area contributed by atoms with Gasteiger partial charge in [0.1, 0.15) is 5.75 Å². The zero-order chi connectivity index (χ0) is 21.9. The first-order valence-electron chi connectivity index (χ1n) is 9.93. The molecule has 1 N–H and O–H groups in total. The molecule has 2 aromatic rings. The van der Waals surface area contributed by atoms with E-state index in [9.17, 15) is 16.8 Å². The summed E-state index contributed by atoms with van der Waals surface area (Å²) in [6.07, 6.45) is 3.66. The van der Waals surface area contributed by atoms with Gasteiger partial charge in [0.25, 0.3) is 10.0 Å². The maximum Gasteiger partial charge on any atom is 0.262 e. The molecule has 1 fully saturated rings. The number of methoxy groups -OCH3 is 1. The normalized spacial score (nSPS) is 16.1. The lowest BCUT2D eigenvalue weighted by atomic mass is 10.1. The third-order valence-electron chi connectivity index (χ3n) is 5.41. The predicted molar refractivity (Wildman–Crippen MR) is 117 cm³/mol. The monoisotopic (exact) mass is 452 g/mol. The third kappa shape index (κ3) is 4.79. The zero-order valence-electron chi connectivity index (χ0n) is 17.5. The van der Waals surface area contributed by atoms with E-state index in [-0.39, 0.29) is 21.2 Å². The van der Waals surface area contributed by atoms with Crippen LogP contribution in [0.1, 0.15) is 36.8 Å². The molecule has 9 heteroatoms. The van der Waals surface area contributed by atoms with E-state index < -0.39 is 20.0 Å². The topological polar surface area (TPSA) is 92.8 Å². The van der Waals surface area contributed by atoms with Gasteiger partial charge in [0.2, 0.25) is 10.0 Å². The first-order chi connectivity index (χ1) is 14.1. The van der Waals surface area contributed by atoms with Crippen molar-refractivity contribution in [1.29, 1.82) is 0 Å². The molecule has 0 unspecified atom stereocenters. The average molecular weight is 453 g/mol. The first-order valence-corrected chi connectivity index (χ1v) is 12.9. The highest BCUT2D eigenvalue weighted by Crippen LogP contribution is 2.31. The minimum Gasteiger partial charge on any atom is -0.495 e. The second kappa shape index (κ2) is 8.95. The highest BCUT2D eigenvalue weighted by Gasteiger charge is 2.27. The van der Waals surface area contributed by atoms with Crippen molar-refractivity contribution in [3.63, 3.8) is 0 Å². The number of rotatable bonds is 6. The van der Waals surface area contributed by atoms with Crippen molar-refractivity contribution in [2.45, 2.75) is 49.3 Å². The van der Waals surface area contributed by atoms with Gasteiger partial charge in [-0.3, -0.25) is 4.72 Å². The Hall–Kier alpha value is -2.10. The van der Waals surface area contributed by atoms with Crippen molar-refractivity contribution >= 4 is 25.7 Å². The number of hydrogen-bond donors (Lipinski definition) is 1. The van der Waals surface area contributed by atoms with E-state index in [1.807, 2.05) is 13.8 Å². The van der Waals surface area contributed by atoms with Crippen LogP contribution in [0.5, 0.6) is 5.75 Å². The summed E-state index contributed by atoms with van der Waals surface area (Å²) in [6, 6.07) is 9.10. The first kappa shape index (κ1) is 22.6. The molecule has 0 bridgehead atoms. The fraction of sp³-hybridized carbons (Fsp3) is 0.429. The lowest BCUT2D eigenvalue weighted by Gasteiger charge is -2.21. The van der Waals surface area contributed by atoms with E-state index in [2.05, 4.69) is 4.72 Å². The maximum atomic E-state index is 13.1. The Morgan fingerprint density at radius 3 is 2.07 bits per heavy atom. The zero-order valence-corrected chi connectivity index (χ0v) is 19.1. The van der Waals surface area contributed by atoms with Gasteiger partial charge >= 0.3 is 0 Å². The third-order valence-corrected chi connectivity index (χ3v) is 8.66. The van der Waals surface area contributed by atoms with Crippen molar-refractivity contribution < 1.29 is 21.6 Å². The summed E-state index contributed by atoms with van der Waals surface area (Å²) in [5, 5.41) is 0. The van der Waals surface area contributed by atoms with Crippen LogP contribution in [0.25, 0.3) is 0 Å². The van der Waals surface area contributed by atoms with Gasteiger partial charge in [-0.15, -0.1) is 0 Å². The molecular formula is C21H28N2O5S2. The van der Waals surface area contributed by atoms with Crippen molar-refractivity contribution in [2.24, 2.45) is 0 Å². The quantitative estimate of drug-likeness (QED) is 0.722. The van der Waals surface area contributed by atoms with Crippen LogP contribution in [0.15, 0.2) is 46.2 Å². The number of benzene rings is 2. The molecular weight excluding hydrogens is 424 g/mol. The highest BCUT2D eigenvalue weighted by molar-refractivity contribution is 7.92. The van der Waals surface area contributed by atoms with Gasteiger partial charge in [-0.05, 0) is 68.1 Å². The van der Waals surface area contributed by atoms with E-state index >= 15 is 0 Å². The molecule has 1 aliphatic heterocycles. The molecule has 3 rings (SSSR count). The van der Waals surface area contributed by atoms with E-state index in [0.29, 0.717) is 13.1 Å². The van der Waals surface area contributed by atoms with Crippen molar-refractivity contribution in [2.75, 3.05) is 24.9 Å². The summed E-state index contributed by atoms with van der Waals surface area (Å²) in [5.74, 6) is 0.247. The second-order valence-electron chi connectivity index (χ2n) is 7.53. The average Bonchev–Trinajstić information content (AvgIpc) is 2.99. The number of hydrogen-bond acceptors (Lipinski definition) is 5. The van der Waals surface area contributed by atoms with Crippen LogP contribution in [0.4, 0.5) is 5.69 Å². The lowest BCUT2D eigenvalue weighted by molar-refractivity contribution is 0.415. The molecule has 0 saturated carbocycles. The van der Waals surface area contributed by atoms with Gasteiger partial charge in [0.05, 0.1) is 22.6 Å². The Morgan fingerprint density at radius 2 is 1.47 bits per heavy atom. The fourth-order valence-corrected chi connectivity index (χ4v) is 6.13. The van der Waals surface area contributed by atoms with Crippen LogP contribution < -0.4 is 9.46 Å². The smallest absolute Gasteiger partial charge is 0.262 e. The van der Waals surface area contributed by atoms with Crippen LogP contribution >= 0.6 is 0 Å². The van der Waals surface area contributed by atoms with Crippen LogP contribution in [0.3, 0.4) is 0 Å². The van der Waals surface area contributed by atoms with Crippen LogP contribution in [0, 0.1) is 13.8 Å². The molecule has 0 aromatic heterocycles. The molecule has 0 aliphatic carbocycles. The summed E-state index contributed by atoms with van der Waals surface area (Å²) in [5.41, 5.74) is 1.92. The predicted octanol–water partition coefficient (Wildman–Crippen LogP) is 3.68. The van der Waals surface area contributed by atoms with E-state index in [4.69, 9.17) is 4.74 Å². The molecule has 0 radical (unpaired) electrons. The minimum absolute atomic E-state index is 0.0444. The SMILES string of the molecule is COc1ccc(S(=O)(=O)N2CCCCCC2)cc1NS(=O)(=O)c1ccc(C)c(C)c1. The van der Waals surface area contributed by atoms with Gasteiger partial charge in [-0.2, -0.15) is 4.31 Å². The number of sulfonamides is 2. The summed E-state index contributed by atoms with van der Waals surface area (Å²) < 4.78 is 61.3. The van der Waals surface area contributed by atoms with Crippen LogP contribution in [-0.4, -0.2) is 41.3 Å². The number of aryl methyl sites for hydroxylation is 2. The van der Waals surface area contributed by atoms with Gasteiger partial charge in [0, 0.05) is 13.1 Å². The Morgan fingerprint density at radius 1 is 0.833 bits per heavy atom. The van der Waals surface area contributed by atoms with Crippen LogP contribution in [0.2, 0.25) is 0 Å². The molecule has 1 heterocycles. The van der Waals surface area contributed by atoms with Crippen molar-refractivity contribution in [1.82, 2.24) is 4.31 Å². The largest absolute Gasteiger partial charge is 0.495 e. The summed E-state index contributed by atoms with van der Waals surface area (Å²) in [6.45, 7) is 4.68. The summed E-state index contributed by atoms with van der Waals surface area (Å²) >= 11 is 0. The molecule has 0 atom stereocenters. The Kier molecular flexibility index (Phi) is 6.74. The van der Waals surface area contributed by atoms with Crippen molar-refractivity contribution in [3.05, 3.63) is 47.5 Å². The number of anilines is 1. The molecule has 1 saturated heterocycles. The molecule has 0 amide bonds. The number of ether oxygens (including phenoxy) is 1. The molecule has 164 valence electrons. The number of nitrogens with zero attached hydrogens (tertiary/aromatic N) is 1. The Bertz CT molecular complexity index is 1120. The molecule has 1 aliphatic rings. The second-order valence-corrected chi connectivity index (χ2v) is 11.2. The van der Waals surface area contributed by atoms with Gasteiger partial charge in [-0.25, -0.2) is 16.8 Å². The lowest BCUT2D eigenvalue weighted by Crippen LogP contribution is -2.32. The summed E-state index contributed by atoms with van der Waals surface area (Å²) in [4.78, 5) is 0.149. The van der Waals surface area contributed by atoms with Gasteiger partial charge in [-0.1, -0.05) is 18.9 Å². The molecule has 30 heavy (non-hydrogen) atoms. The summed E-state index contributed by atoms with van der Waals surface area (Å²) in [7, 11) is -6.23. The van der Waals surface area contributed by atoms with Gasteiger partial charge < -0.3 is 4.74 Å². The Balaban J connectivity index is 1.97. The molecule has 2 aromatic carbocycles. The highest BCUT2D eigenvalue weighted by atomic mass is 32.2. The Labute approximate surface area is 179 Å². The fourth-order valence-electron chi connectivity index (χ4n) is 3.44. The molecule has 7 nitrogen and oxygen atoms in total. The number of nitrogens with one attached hydrogen (secondary N) is 1. The standard InChI is InChI=1S/C21H28N2O5S2/c1-16-8-9-18(14-17(16)2)29(24,25)22-20-15-19(10-11-21(20)28-3)30(26,27)23-12-6-4-5-7-13-23/h8-11,14-15,22H,4-7,12-13H2,1-3H3. The van der Waals surface area contributed by atoms with E-state index in [1.165, 1.54) is 35.7 Å². The van der Waals surface area contributed by atoms with Gasteiger partial charge in [0.15, 0.2) is 0 Å².